The van der Waals surface area contributed by atoms with Gasteiger partial charge in [0.05, 0.1) is 5.69 Å². The minimum atomic E-state index is -0.908. The number of ketones is 1. The number of anilines is 1. The molecule has 0 aliphatic heterocycles. The van der Waals surface area contributed by atoms with Gasteiger partial charge in [-0.1, -0.05) is 0 Å². The number of nitrogens with one attached hydrogen (secondary N) is 1. The third-order valence-electron chi connectivity index (χ3n) is 4.07. The van der Waals surface area contributed by atoms with E-state index >= 15 is 0 Å². The van der Waals surface area contributed by atoms with Gasteiger partial charge in [0.15, 0.2) is 11.9 Å². The van der Waals surface area contributed by atoms with Gasteiger partial charge in [-0.15, -0.1) is 5.10 Å². The molecule has 1 aromatic heterocycles. The van der Waals surface area contributed by atoms with Crippen LogP contribution in [0, 0.1) is 5.82 Å². The standard InChI is InChI=1S/C21H18FN3O4/c1-13(26)15-3-7-17(8-4-15)23-21(28)14(2)29-19-11-12-20(27)25(24-19)18-9-5-16(22)6-10-18/h3-12,14H,1-2H3,(H,23,28). The van der Waals surface area contributed by atoms with Crippen LogP contribution < -0.4 is 15.6 Å². The third-order valence-corrected chi connectivity index (χ3v) is 4.07. The lowest BCUT2D eigenvalue weighted by Gasteiger charge is -2.15. The molecule has 148 valence electrons. The quantitative estimate of drug-likeness (QED) is 0.648. The molecule has 29 heavy (non-hydrogen) atoms. The summed E-state index contributed by atoms with van der Waals surface area (Å²) in [5, 5.41) is 6.75. The maximum Gasteiger partial charge on any atom is 0.271 e. The molecule has 1 unspecified atom stereocenters. The number of Topliss-reactive ketones (excluding diaryl/α,β-unsaturated/α-hetero) is 1. The number of rotatable bonds is 6. The topological polar surface area (TPSA) is 90.3 Å². The maximum atomic E-state index is 13.1. The lowest BCUT2D eigenvalue weighted by molar-refractivity contribution is -0.122. The molecule has 1 heterocycles. The number of halogens is 1. The van der Waals surface area contributed by atoms with Crippen LogP contribution in [0.4, 0.5) is 10.1 Å². The van der Waals surface area contributed by atoms with Crippen molar-refractivity contribution in [3.8, 4) is 11.6 Å². The van der Waals surface area contributed by atoms with Crippen LogP contribution in [0.3, 0.4) is 0 Å². The molecule has 0 bridgehead atoms. The highest BCUT2D eigenvalue weighted by molar-refractivity contribution is 5.96. The van der Waals surface area contributed by atoms with Crippen molar-refractivity contribution in [1.29, 1.82) is 0 Å². The molecule has 1 atom stereocenters. The second-order valence-electron chi connectivity index (χ2n) is 6.28. The van der Waals surface area contributed by atoms with E-state index in [0.29, 0.717) is 16.9 Å². The molecule has 1 amide bonds. The van der Waals surface area contributed by atoms with Crippen molar-refractivity contribution in [2.75, 3.05) is 5.32 Å². The number of aromatic nitrogens is 2. The highest BCUT2D eigenvalue weighted by Gasteiger charge is 2.16. The summed E-state index contributed by atoms with van der Waals surface area (Å²) in [6.07, 6.45) is -0.908. The number of amides is 1. The zero-order chi connectivity index (χ0) is 21.0. The Morgan fingerprint density at radius 1 is 1.03 bits per heavy atom. The smallest absolute Gasteiger partial charge is 0.271 e. The molecule has 0 saturated heterocycles. The van der Waals surface area contributed by atoms with Crippen molar-refractivity contribution in [2.45, 2.75) is 20.0 Å². The first-order valence-electron chi connectivity index (χ1n) is 8.78. The molecule has 8 heteroatoms. The van der Waals surface area contributed by atoms with Crippen LogP contribution in [0.15, 0.2) is 65.5 Å². The summed E-state index contributed by atoms with van der Waals surface area (Å²) in [6, 6.07) is 14.3. The minimum absolute atomic E-state index is 0.0588. The van der Waals surface area contributed by atoms with E-state index in [1.54, 1.807) is 24.3 Å². The van der Waals surface area contributed by atoms with Crippen molar-refractivity contribution in [3.63, 3.8) is 0 Å². The predicted molar refractivity (Wildman–Crippen MR) is 105 cm³/mol. The average Bonchev–Trinajstić information content (AvgIpc) is 2.70. The summed E-state index contributed by atoms with van der Waals surface area (Å²) in [5.41, 5.74) is 0.996. The van der Waals surface area contributed by atoms with Gasteiger partial charge >= 0.3 is 0 Å². The Labute approximate surface area is 165 Å². The Morgan fingerprint density at radius 3 is 2.31 bits per heavy atom. The van der Waals surface area contributed by atoms with Gasteiger partial charge in [-0.3, -0.25) is 14.4 Å². The summed E-state index contributed by atoms with van der Waals surface area (Å²) in [7, 11) is 0. The second-order valence-corrected chi connectivity index (χ2v) is 6.28. The summed E-state index contributed by atoms with van der Waals surface area (Å²) in [5.74, 6) is -0.872. The van der Waals surface area contributed by atoms with Crippen molar-refractivity contribution >= 4 is 17.4 Å². The molecule has 0 saturated carbocycles. The van der Waals surface area contributed by atoms with Gasteiger partial charge in [-0.25, -0.2) is 4.39 Å². The van der Waals surface area contributed by atoms with Crippen LogP contribution in [-0.4, -0.2) is 27.6 Å². The lowest BCUT2D eigenvalue weighted by Crippen LogP contribution is -2.31. The van der Waals surface area contributed by atoms with E-state index < -0.39 is 23.4 Å². The molecular weight excluding hydrogens is 377 g/mol. The normalized spacial score (nSPS) is 11.6. The van der Waals surface area contributed by atoms with E-state index in [1.165, 1.54) is 50.2 Å². The van der Waals surface area contributed by atoms with Gasteiger partial charge in [-0.05, 0) is 62.4 Å². The fourth-order valence-corrected chi connectivity index (χ4v) is 2.49. The number of hydrogen-bond acceptors (Lipinski definition) is 5. The molecule has 0 spiro atoms. The van der Waals surface area contributed by atoms with E-state index in [9.17, 15) is 18.8 Å². The van der Waals surface area contributed by atoms with Crippen LogP contribution >= 0.6 is 0 Å². The summed E-state index contributed by atoms with van der Waals surface area (Å²) in [4.78, 5) is 35.7. The van der Waals surface area contributed by atoms with E-state index in [1.807, 2.05) is 0 Å². The lowest BCUT2D eigenvalue weighted by atomic mass is 10.1. The number of hydrogen-bond donors (Lipinski definition) is 1. The van der Waals surface area contributed by atoms with Crippen molar-refractivity contribution < 1.29 is 18.7 Å². The van der Waals surface area contributed by atoms with Crippen LogP contribution in [0.2, 0.25) is 0 Å². The Morgan fingerprint density at radius 2 is 1.69 bits per heavy atom. The molecule has 0 aliphatic rings. The molecule has 0 fully saturated rings. The molecule has 0 radical (unpaired) electrons. The van der Waals surface area contributed by atoms with Gasteiger partial charge < -0.3 is 10.1 Å². The molecule has 3 rings (SSSR count). The Kier molecular flexibility index (Phi) is 5.82. The summed E-state index contributed by atoms with van der Waals surface area (Å²) in [6.45, 7) is 3.00. The second kappa shape index (κ2) is 8.47. The zero-order valence-electron chi connectivity index (χ0n) is 15.8. The number of nitrogens with zero attached hydrogens (tertiary/aromatic N) is 2. The summed E-state index contributed by atoms with van der Waals surface area (Å²) < 4.78 is 19.7. The molecule has 1 N–H and O–H groups in total. The Hall–Kier alpha value is -3.81. The van der Waals surface area contributed by atoms with Crippen molar-refractivity contribution in [2.24, 2.45) is 0 Å². The molecule has 3 aromatic rings. The molecular formula is C21H18FN3O4. The van der Waals surface area contributed by atoms with Gasteiger partial charge in [0, 0.05) is 23.4 Å². The molecule has 0 aliphatic carbocycles. The van der Waals surface area contributed by atoms with Gasteiger partial charge in [-0.2, -0.15) is 4.68 Å². The average molecular weight is 395 g/mol. The van der Waals surface area contributed by atoms with E-state index in [4.69, 9.17) is 4.74 Å². The fourth-order valence-electron chi connectivity index (χ4n) is 2.49. The zero-order valence-corrected chi connectivity index (χ0v) is 15.8. The number of benzene rings is 2. The first kappa shape index (κ1) is 19.9. The van der Waals surface area contributed by atoms with Crippen LogP contribution in [0.1, 0.15) is 24.2 Å². The van der Waals surface area contributed by atoms with Gasteiger partial charge in [0.25, 0.3) is 11.5 Å². The van der Waals surface area contributed by atoms with E-state index in [0.717, 1.165) is 4.68 Å². The van der Waals surface area contributed by atoms with Gasteiger partial charge in [0.1, 0.15) is 5.82 Å². The highest BCUT2D eigenvalue weighted by Crippen LogP contribution is 2.13. The SMILES string of the molecule is CC(=O)c1ccc(NC(=O)C(C)Oc2ccc(=O)n(-c3ccc(F)cc3)n2)cc1. The van der Waals surface area contributed by atoms with Crippen LogP contribution in [0.5, 0.6) is 5.88 Å². The third kappa shape index (κ3) is 4.92. The van der Waals surface area contributed by atoms with E-state index in [-0.39, 0.29) is 11.7 Å². The van der Waals surface area contributed by atoms with Crippen molar-refractivity contribution in [3.05, 3.63) is 82.4 Å². The first-order chi connectivity index (χ1) is 13.8. The van der Waals surface area contributed by atoms with Crippen LogP contribution in [-0.2, 0) is 4.79 Å². The fraction of sp³-hybridized carbons (Fsp3) is 0.143. The summed E-state index contributed by atoms with van der Waals surface area (Å²) >= 11 is 0. The van der Waals surface area contributed by atoms with Gasteiger partial charge in [0.2, 0.25) is 5.88 Å². The number of carbonyl (C=O) groups excluding carboxylic acids is 2. The highest BCUT2D eigenvalue weighted by atomic mass is 19.1. The number of carbonyl (C=O) groups is 2. The predicted octanol–water partition coefficient (Wildman–Crippen LogP) is 2.98. The minimum Gasteiger partial charge on any atom is -0.463 e. The molecule has 7 nitrogen and oxygen atoms in total. The monoisotopic (exact) mass is 395 g/mol. The Balaban J connectivity index is 1.71. The Bertz CT molecular complexity index is 1090. The molecule has 2 aromatic carbocycles. The van der Waals surface area contributed by atoms with Crippen LogP contribution in [0.25, 0.3) is 5.69 Å². The largest absolute Gasteiger partial charge is 0.463 e. The maximum absolute atomic E-state index is 13.1. The van der Waals surface area contributed by atoms with Crippen molar-refractivity contribution in [1.82, 2.24) is 9.78 Å². The first-order valence-corrected chi connectivity index (χ1v) is 8.78. The van der Waals surface area contributed by atoms with E-state index in [2.05, 4.69) is 10.4 Å². The number of ether oxygens (including phenoxy) is 1.